The first kappa shape index (κ1) is 25.5. The highest BCUT2D eigenvalue weighted by molar-refractivity contribution is 5.34. The van der Waals surface area contributed by atoms with Crippen LogP contribution in [0.1, 0.15) is 106 Å². The van der Waals surface area contributed by atoms with E-state index in [1.807, 2.05) is 6.92 Å². The van der Waals surface area contributed by atoms with E-state index < -0.39 is 0 Å². The highest BCUT2D eigenvalue weighted by Crippen LogP contribution is 2.73. The third kappa shape index (κ3) is 3.71. The van der Waals surface area contributed by atoms with E-state index in [0.29, 0.717) is 22.7 Å². The fraction of sp³-hybridized carbons (Fsp3) is 0.867. The molecule has 4 aliphatic carbocycles. The van der Waals surface area contributed by atoms with Gasteiger partial charge in [-0.25, -0.2) is 4.89 Å². The molecule has 4 rings (SSSR count). The summed E-state index contributed by atoms with van der Waals surface area (Å²) in [6, 6.07) is 0. The number of fused-ring (bicyclic) bond motifs is 5. The van der Waals surface area contributed by atoms with E-state index in [9.17, 15) is 10.4 Å². The van der Waals surface area contributed by atoms with Crippen molar-refractivity contribution in [1.82, 2.24) is 0 Å². The van der Waals surface area contributed by atoms with Gasteiger partial charge in [0, 0.05) is 0 Å². The van der Waals surface area contributed by atoms with Crippen molar-refractivity contribution in [1.29, 1.82) is 0 Å². The molecule has 2 N–H and O–H groups in total. The summed E-state index contributed by atoms with van der Waals surface area (Å²) < 4.78 is 0. The smallest absolute Gasteiger partial charge is 0.113 e. The molecule has 0 bridgehead atoms. The summed E-state index contributed by atoms with van der Waals surface area (Å²) in [5.74, 6) is 2.11. The molecule has 9 atom stereocenters. The Bertz CT molecular complexity index is 798. The largest absolute Gasteiger partial charge is 0.393 e. The van der Waals surface area contributed by atoms with Crippen molar-refractivity contribution < 1.29 is 15.3 Å². The Hall–Kier alpha value is -0.640. The molecule has 0 radical (unpaired) electrons. The maximum atomic E-state index is 11.5. The molecule has 3 nitrogen and oxygen atoms in total. The molecular weight excluding hydrogens is 408 g/mol. The lowest BCUT2D eigenvalue weighted by atomic mass is 9.41. The maximum Gasteiger partial charge on any atom is 0.113 e. The monoisotopic (exact) mass is 458 g/mol. The molecule has 0 amide bonds. The van der Waals surface area contributed by atoms with Crippen LogP contribution in [0.3, 0.4) is 0 Å². The van der Waals surface area contributed by atoms with Crippen LogP contribution in [-0.4, -0.2) is 22.6 Å². The Morgan fingerprint density at radius 2 is 1.85 bits per heavy atom. The average Bonchev–Trinajstić information content (AvgIpc) is 2.92. The van der Waals surface area contributed by atoms with Crippen LogP contribution in [0, 0.1) is 45.3 Å². The number of aliphatic hydroxyl groups excluding tert-OH is 1. The standard InChI is InChI=1S/C30H50O3/c1-19(2)24(33-32)12-10-20(3)26-23(31)18-30(8)22-11-13-25-27(4,5)15-9-16-28(25,6)21(22)14-17-29(26,30)7/h11,20-21,23-26,31-32H,1,9-10,12-18H2,2-8H3/t20-,21+,23+,24?,25+,26-,28-,29+,30-/m1/s1. The molecule has 0 aromatic rings. The number of hydrogen-bond acceptors (Lipinski definition) is 3. The van der Waals surface area contributed by atoms with Crippen LogP contribution >= 0.6 is 0 Å². The molecule has 0 heterocycles. The van der Waals surface area contributed by atoms with Crippen molar-refractivity contribution in [3.8, 4) is 0 Å². The Morgan fingerprint density at radius 3 is 2.48 bits per heavy atom. The van der Waals surface area contributed by atoms with E-state index in [2.05, 4.69) is 59.1 Å². The zero-order valence-corrected chi connectivity index (χ0v) is 22.4. The van der Waals surface area contributed by atoms with Gasteiger partial charge in [0.25, 0.3) is 0 Å². The van der Waals surface area contributed by atoms with E-state index in [4.69, 9.17) is 0 Å². The summed E-state index contributed by atoms with van der Waals surface area (Å²) in [7, 11) is 0. The third-order valence-electron chi connectivity index (χ3n) is 11.8. The predicted molar refractivity (Wildman–Crippen MR) is 136 cm³/mol. The van der Waals surface area contributed by atoms with Crippen molar-refractivity contribution in [2.45, 2.75) is 118 Å². The van der Waals surface area contributed by atoms with Crippen molar-refractivity contribution in [2.75, 3.05) is 0 Å². The minimum Gasteiger partial charge on any atom is -0.393 e. The third-order valence-corrected chi connectivity index (χ3v) is 11.8. The molecule has 0 spiro atoms. The lowest BCUT2D eigenvalue weighted by Crippen LogP contribution is -2.55. The molecule has 4 aliphatic rings. The van der Waals surface area contributed by atoms with Crippen LogP contribution in [0.4, 0.5) is 0 Å². The molecule has 3 heteroatoms. The zero-order valence-electron chi connectivity index (χ0n) is 22.4. The first-order valence-corrected chi connectivity index (χ1v) is 13.7. The average molecular weight is 459 g/mol. The molecule has 0 saturated heterocycles. The van der Waals surface area contributed by atoms with Crippen molar-refractivity contribution >= 4 is 0 Å². The van der Waals surface area contributed by atoms with E-state index in [1.54, 1.807) is 5.57 Å². The Labute approximate surface area is 203 Å². The molecule has 0 aliphatic heterocycles. The zero-order chi connectivity index (χ0) is 24.4. The Morgan fingerprint density at radius 1 is 1.15 bits per heavy atom. The van der Waals surface area contributed by atoms with Crippen molar-refractivity contribution in [3.63, 3.8) is 0 Å². The maximum absolute atomic E-state index is 11.5. The van der Waals surface area contributed by atoms with Crippen LogP contribution in [0.25, 0.3) is 0 Å². The van der Waals surface area contributed by atoms with Gasteiger partial charge in [-0.05, 0) is 109 Å². The van der Waals surface area contributed by atoms with Gasteiger partial charge in [0.05, 0.1) is 6.10 Å². The number of rotatable bonds is 6. The lowest BCUT2D eigenvalue weighted by Gasteiger charge is -2.63. The van der Waals surface area contributed by atoms with E-state index in [-0.39, 0.29) is 29.0 Å². The summed E-state index contributed by atoms with van der Waals surface area (Å²) in [5.41, 5.74) is 3.57. The fourth-order valence-electron chi connectivity index (χ4n) is 9.90. The normalized spacial score (nSPS) is 45.9. The van der Waals surface area contributed by atoms with Crippen molar-refractivity contribution in [2.24, 2.45) is 45.3 Å². The predicted octanol–water partition coefficient (Wildman–Crippen LogP) is 7.80. The number of allylic oxidation sites excluding steroid dienone is 2. The second-order valence-corrected chi connectivity index (χ2v) is 13.9. The molecule has 3 saturated carbocycles. The second kappa shape index (κ2) is 8.49. The molecular formula is C30H50O3. The lowest BCUT2D eigenvalue weighted by molar-refractivity contribution is -0.270. The van der Waals surface area contributed by atoms with Crippen molar-refractivity contribution in [3.05, 3.63) is 23.8 Å². The van der Waals surface area contributed by atoms with Gasteiger partial charge in [0.1, 0.15) is 6.10 Å². The second-order valence-electron chi connectivity index (χ2n) is 13.9. The van der Waals surface area contributed by atoms with Gasteiger partial charge in [0.15, 0.2) is 0 Å². The van der Waals surface area contributed by atoms with Gasteiger partial charge in [-0.1, -0.05) is 66.2 Å². The minimum absolute atomic E-state index is 0.0745. The highest BCUT2D eigenvalue weighted by atomic mass is 17.1. The van der Waals surface area contributed by atoms with Crippen LogP contribution in [0.15, 0.2) is 23.8 Å². The van der Waals surface area contributed by atoms with E-state index >= 15 is 0 Å². The summed E-state index contributed by atoms with van der Waals surface area (Å²) in [4.78, 5) is 4.68. The van der Waals surface area contributed by atoms with Crippen LogP contribution in [0.5, 0.6) is 0 Å². The molecule has 188 valence electrons. The Kier molecular flexibility index (Phi) is 6.55. The summed E-state index contributed by atoms with van der Waals surface area (Å²) in [5, 5.41) is 20.8. The first-order chi connectivity index (χ1) is 15.3. The first-order valence-electron chi connectivity index (χ1n) is 13.7. The van der Waals surface area contributed by atoms with E-state index in [1.165, 1.54) is 38.5 Å². The summed E-state index contributed by atoms with van der Waals surface area (Å²) in [6.07, 6.45) is 12.4. The molecule has 0 aromatic heterocycles. The molecule has 1 unspecified atom stereocenters. The van der Waals surface area contributed by atoms with Gasteiger partial charge in [0.2, 0.25) is 0 Å². The fourth-order valence-corrected chi connectivity index (χ4v) is 9.90. The number of hydrogen-bond donors (Lipinski definition) is 2. The minimum atomic E-state index is -0.312. The Balaban J connectivity index is 1.62. The van der Waals surface area contributed by atoms with Gasteiger partial charge in [-0.3, -0.25) is 5.26 Å². The van der Waals surface area contributed by atoms with Gasteiger partial charge in [-0.15, -0.1) is 0 Å². The molecule has 3 fully saturated rings. The highest BCUT2D eigenvalue weighted by Gasteiger charge is 2.66. The molecule has 0 aromatic carbocycles. The van der Waals surface area contributed by atoms with Crippen LogP contribution in [0.2, 0.25) is 0 Å². The van der Waals surface area contributed by atoms with Gasteiger partial charge < -0.3 is 5.11 Å². The van der Waals surface area contributed by atoms with E-state index in [0.717, 1.165) is 30.8 Å². The van der Waals surface area contributed by atoms with Crippen LogP contribution < -0.4 is 0 Å². The quantitative estimate of drug-likeness (QED) is 0.242. The van der Waals surface area contributed by atoms with Gasteiger partial charge >= 0.3 is 0 Å². The number of aliphatic hydroxyl groups is 1. The van der Waals surface area contributed by atoms with Gasteiger partial charge in [-0.2, -0.15) is 0 Å². The SMILES string of the molecule is C=C(C)C(CC[C@@H](C)[C@@H]1[C@@H](O)C[C@]2(C)C3=CC[C@H]4C(C)(C)CCC[C@]4(C)[C@H]3CC[C@@]12C)OO. The summed E-state index contributed by atoms with van der Waals surface area (Å²) in [6.45, 7) is 20.8. The molecule has 33 heavy (non-hydrogen) atoms. The van der Waals surface area contributed by atoms with Crippen LogP contribution in [-0.2, 0) is 4.89 Å². The topological polar surface area (TPSA) is 49.7 Å². The summed E-state index contributed by atoms with van der Waals surface area (Å²) >= 11 is 0.